The maximum Gasteiger partial charge on any atom is 0.306 e. The Kier molecular flexibility index (Phi) is 11.0. The molecule has 0 aromatic carbocycles. The summed E-state index contributed by atoms with van der Waals surface area (Å²) < 4.78 is 0. The number of aliphatic carboxylic acids is 1. The zero-order valence-electron chi connectivity index (χ0n) is 11.3. The van der Waals surface area contributed by atoms with E-state index in [1.54, 1.807) is 0 Å². The summed E-state index contributed by atoms with van der Waals surface area (Å²) in [5, 5.41) is 9.08. The third-order valence-electron chi connectivity index (χ3n) is 3.27. The number of alkyl halides is 1. The Morgan fingerprint density at radius 1 is 1.06 bits per heavy atom. The van der Waals surface area contributed by atoms with E-state index in [2.05, 4.69) is 29.8 Å². The van der Waals surface area contributed by atoms with Gasteiger partial charge in [-0.25, -0.2) is 0 Å². The summed E-state index contributed by atoms with van der Waals surface area (Å²) in [5.74, 6) is -0.716. The molecule has 0 bridgehead atoms. The molecule has 2 atom stereocenters. The molecule has 0 fully saturated rings. The molecule has 0 aliphatic rings. The Labute approximate surface area is 114 Å². The van der Waals surface area contributed by atoms with Crippen LogP contribution in [0.3, 0.4) is 0 Å². The van der Waals surface area contributed by atoms with Gasteiger partial charge in [0.05, 0.1) is 5.92 Å². The fourth-order valence-corrected chi connectivity index (χ4v) is 2.30. The Balaban J connectivity index is 3.57. The zero-order valence-corrected chi connectivity index (χ0v) is 12.8. The molecule has 102 valence electrons. The Bertz CT molecular complexity index is 195. The smallest absolute Gasteiger partial charge is 0.306 e. The molecular formula is C14H27BrO2. The van der Waals surface area contributed by atoms with E-state index in [9.17, 15) is 4.79 Å². The van der Waals surface area contributed by atoms with Crippen LogP contribution >= 0.6 is 15.9 Å². The van der Waals surface area contributed by atoms with Crippen LogP contribution in [0, 0.1) is 5.92 Å². The molecule has 2 unspecified atom stereocenters. The molecule has 0 saturated carbocycles. The molecule has 0 spiro atoms. The van der Waals surface area contributed by atoms with Crippen molar-refractivity contribution in [3.63, 3.8) is 0 Å². The maximum absolute atomic E-state index is 11.0. The van der Waals surface area contributed by atoms with E-state index < -0.39 is 5.97 Å². The number of hydrogen-bond acceptors (Lipinski definition) is 1. The van der Waals surface area contributed by atoms with Gasteiger partial charge in [0.15, 0.2) is 0 Å². The van der Waals surface area contributed by atoms with Crippen LogP contribution in [0.5, 0.6) is 0 Å². The first-order chi connectivity index (χ1) is 8.11. The maximum atomic E-state index is 11.0. The lowest BCUT2D eigenvalue weighted by Crippen LogP contribution is -2.13. The van der Waals surface area contributed by atoms with E-state index in [0.29, 0.717) is 4.83 Å². The topological polar surface area (TPSA) is 37.3 Å². The van der Waals surface area contributed by atoms with Crippen molar-refractivity contribution in [3.8, 4) is 0 Å². The minimum atomic E-state index is -0.606. The lowest BCUT2D eigenvalue weighted by atomic mass is 9.95. The van der Waals surface area contributed by atoms with E-state index in [-0.39, 0.29) is 5.92 Å². The van der Waals surface area contributed by atoms with Gasteiger partial charge >= 0.3 is 5.97 Å². The third kappa shape index (κ3) is 9.63. The van der Waals surface area contributed by atoms with Gasteiger partial charge in [-0.05, 0) is 25.7 Å². The van der Waals surface area contributed by atoms with Crippen molar-refractivity contribution < 1.29 is 9.90 Å². The lowest BCUT2D eigenvalue weighted by molar-refractivity contribution is -0.142. The van der Waals surface area contributed by atoms with E-state index >= 15 is 0 Å². The van der Waals surface area contributed by atoms with Crippen molar-refractivity contribution in [3.05, 3.63) is 0 Å². The van der Waals surface area contributed by atoms with Crippen molar-refractivity contribution >= 4 is 21.9 Å². The average Bonchev–Trinajstić information content (AvgIpc) is 2.31. The van der Waals surface area contributed by atoms with E-state index in [1.165, 1.54) is 19.3 Å². The Morgan fingerprint density at radius 2 is 1.65 bits per heavy atom. The van der Waals surface area contributed by atoms with E-state index in [1.807, 2.05) is 0 Å². The summed E-state index contributed by atoms with van der Waals surface area (Å²) in [6.07, 6.45) is 9.65. The molecule has 0 aliphatic heterocycles. The molecule has 0 aliphatic carbocycles. The first-order valence-electron chi connectivity index (χ1n) is 6.98. The summed E-state index contributed by atoms with van der Waals surface area (Å²) in [6, 6.07) is 0. The average molecular weight is 307 g/mol. The SMILES string of the molecule is CCCCC(CCCCCC(Br)CC)C(=O)O. The van der Waals surface area contributed by atoms with Gasteiger partial charge in [0, 0.05) is 4.83 Å². The van der Waals surface area contributed by atoms with Crippen molar-refractivity contribution in [2.75, 3.05) is 0 Å². The highest BCUT2D eigenvalue weighted by molar-refractivity contribution is 9.09. The quantitative estimate of drug-likeness (QED) is 0.431. The highest BCUT2D eigenvalue weighted by atomic mass is 79.9. The summed E-state index contributed by atoms with van der Waals surface area (Å²) in [6.45, 7) is 4.30. The minimum Gasteiger partial charge on any atom is -0.481 e. The van der Waals surface area contributed by atoms with Crippen molar-refractivity contribution in [2.45, 2.75) is 76.5 Å². The number of rotatable bonds is 11. The monoisotopic (exact) mass is 306 g/mol. The molecule has 0 saturated heterocycles. The predicted molar refractivity (Wildman–Crippen MR) is 76.7 cm³/mol. The molecule has 0 amide bonds. The number of carboxylic acids is 1. The van der Waals surface area contributed by atoms with Crippen LogP contribution < -0.4 is 0 Å². The molecule has 0 heterocycles. The van der Waals surface area contributed by atoms with Crippen molar-refractivity contribution in [2.24, 2.45) is 5.92 Å². The van der Waals surface area contributed by atoms with Gasteiger partial charge in [0.1, 0.15) is 0 Å². The van der Waals surface area contributed by atoms with Gasteiger partial charge in [-0.15, -0.1) is 0 Å². The van der Waals surface area contributed by atoms with Gasteiger partial charge in [-0.3, -0.25) is 4.79 Å². The first-order valence-corrected chi connectivity index (χ1v) is 7.90. The molecule has 3 heteroatoms. The molecule has 17 heavy (non-hydrogen) atoms. The minimum absolute atomic E-state index is 0.110. The fraction of sp³-hybridized carbons (Fsp3) is 0.929. The molecule has 0 radical (unpaired) electrons. The molecular weight excluding hydrogens is 280 g/mol. The van der Waals surface area contributed by atoms with Crippen LogP contribution in [-0.2, 0) is 4.79 Å². The molecule has 2 nitrogen and oxygen atoms in total. The van der Waals surface area contributed by atoms with Crippen LogP contribution in [0.15, 0.2) is 0 Å². The van der Waals surface area contributed by atoms with Crippen LogP contribution in [-0.4, -0.2) is 15.9 Å². The highest BCUT2D eigenvalue weighted by Gasteiger charge is 2.15. The Morgan fingerprint density at radius 3 is 2.18 bits per heavy atom. The second-order valence-electron chi connectivity index (χ2n) is 4.82. The van der Waals surface area contributed by atoms with E-state index in [0.717, 1.165) is 38.5 Å². The van der Waals surface area contributed by atoms with Crippen LogP contribution in [0.1, 0.15) is 71.6 Å². The van der Waals surface area contributed by atoms with Gasteiger partial charge < -0.3 is 5.11 Å². The highest BCUT2D eigenvalue weighted by Crippen LogP contribution is 2.19. The first kappa shape index (κ1) is 16.9. The summed E-state index contributed by atoms with van der Waals surface area (Å²) in [5.41, 5.74) is 0. The van der Waals surface area contributed by atoms with Gasteiger partial charge in [0.2, 0.25) is 0 Å². The van der Waals surface area contributed by atoms with Crippen LogP contribution in [0.2, 0.25) is 0 Å². The summed E-state index contributed by atoms with van der Waals surface area (Å²) in [4.78, 5) is 11.7. The van der Waals surface area contributed by atoms with Gasteiger partial charge in [0.25, 0.3) is 0 Å². The van der Waals surface area contributed by atoms with Crippen LogP contribution in [0.4, 0.5) is 0 Å². The lowest BCUT2D eigenvalue weighted by Gasteiger charge is -2.11. The number of carboxylic acid groups (broad SMARTS) is 1. The predicted octanol–water partition coefficient (Wildman–Crippen LogP) is 5.00. The van der Waals surface area contributed by atoms with Crippen molar-refractivity contribution in [1.82, 2.24) is 0 Å². The largest absolute Gasteiger partial charge is 0.481 e. The summed E-state index contributed by atoms with van der Waals surface area (Å²) >= 11 is 3.62. The second kappa shape index (κ2) is 11.1. The number of hydrogen-bond donors (Lipinski definition) is 1. The Hall–Kier alpha value is -0.0500. The fourth-order valence-electron chi connectivity index (χ4n) is 1.98. The van der Waals surface area contributed by atoms with Crippen molar-refractivity contribution in [1.29, 1.82) is 0 Å². The molecule has 0 aromatic rings. The third-order valence-corrected chi connectivity index (χ3v) is 4.37. The summed E-state index contributed by atoms with van der Waals surface area (Å²) in [7, 11) is 0. The van der Waals surface area contributed by atoms with Crippen LogP contribution in [0.25, 0.3) is 0 Å². The van der Waals surface area contributed by atoms with E-state index in [4.69, 9.17) is 5.11 Å². The standard InChI is InChI=1S/C14H27BrO2/c1-3-5-9-12(14(16)17)10-7-6-8-11-13(15)4-2/h12-13H,3-11H2,1-2H3,(H,16,17). The number of carbonyl (C=O) groups is 1. The van der Waals surface area contributed by atoms with Gasteiger partial charge in [-0.2, -0.15) is 0 Å². The molecule has 0 rings (SSSR count). The number of halogens is 1. The number of unbranched alkanes of at least 4 members (excludes halogenated alkanes) is 3. The van der Waals surface area contributed by atoms with Gasteiger partial charge in [-0.1, -0.05) is 61.9 Å². The normalized spacial score (nSPS) is 14.5. The zero-order chi connectivity index (χ0) is 13.1. The molecule has 1 N–H and O–H groups in total. The second-order valence-corrected chi connectivity index (χ2v) is 6.12. The molecule has 0 aromatic heterocycles.